The molecule has 28 heavy (non-hydrogen) atoms. The number of amides is 1. The lowest BCUT2D eigenvalue weighted by Crippen LogP contribution is -2.43. The summed E-state index contributed by atoms with van der Waals surface area (Å²) < 4.78 is 18.8. The second kappa shape index (κ2) is 8.69. The number of ether oxygens (including phenoxy) is 1. The average Bonchev–Trinajstić information content (AvgIpc) is 2.68. The number of piperidine rings is 1. The number of benzene rings is 2. The van der Waals surface area contributed by atoms with E-state index in [-0.39, 0.29) is 29.7 Å². The molecule has 1 N–H and O–H groups in total. The lowest BCUT2D eigenvalue weighted by atomic mass is 10.0. The summed E-state index contributed by atoms with van der Waals surface area (Å²) in [5, 5.41) is 14.2. The third-order valence-corrected chi connectivity index (χ3v) is 4.90. The van der Waals surface area contributed by atoms with Crippen molar-refractivity contribution < 1.29 is 18.8 Å². The van der Waals surface area contributed by atoms with Crippen LogP contribution in [0.15, 0.2) is 42.5 Å². The summed E-state index contributed by atoms with van der Waals surface area (Å²) in [6.45, 7) is 1.07. The summed E-state index contributed by atoms with van der Waals surface area (Å²) >= 11 is 0. The van der Waals surface area contributed by atoms with Gasteiger partial charge in [0.05, 0.1) is 18.5 Å². The number of nitrogens with zero attached hydrogens (tertiary/aromatic N) is 2. The first kappa shape index (κ1) is 19.6. The van der Waals surface area contributed by atoms with Crippen LogP contribution in [-0.4, -0.2) is 42.0 Å². The van der Waals surface area contributed by atoms with Crippen LogP contribution in [0.25, 0.3) is 0 Å². The van der Waals surface area contributed by atoms with Crippen LogP contribution in [0.4, 0.5) is 15.8 Å². The van der Waals surface area contributed by atoms with Crippen LogP contribution in [0.1, 0.15) is 18.4 Å². The van der Waals surface area contributed by atoms with E-state index in [0.29, 0.717) is 31.7 Å². The molecule has 1 amide bonds. The van der Waals surface area contributed by atoms with Crippen molar-refractivity contribution in [3.8, 4) is 5.75 Å². The van der Waals surface area contributed by atoms with Gasteiger partial charge in [0.2, 0.25) is 5.91 Å². The van der Waals surface area contributed by atoms with Crippen LogP contribution in [0, 0.1) is 15.9 Å². The molecule has 0 spiro atoms. The Morgan fingerprint density at radius 1 is 1.29 bits per heavy atom. The van der Waals surface area contributed by atoms with Gasteiger partial charge in [-0.2, -0.15) is 0 Å². The van der Waals surface area contributed by atoms with Gasteiger partial charge in [0.15, 0.2) is 0 Å². The van der Waals surface area contributed by atoms with Gasteiger partial charge >= 0.3 is 0 Å². The molecule has 1 aliphatic rings. The number of hydrogen-bond donors (Lipinski definition) is 1. The normalized spacial score (nSPS) is 14.6. The molecule has 3 rings (SSSR count). The van der Waals surface area contributed by atoms with Gasteiger partial charge in [-0.1, -0.05) is 18.2 Å². The number of halogens is 1. The molecule has 1 saturated heterocycles. The SMILES string of the molecule is COc1ccccc1CC(=O)N1CCC(Nc2cc(F)ccc2[N+](=O)[O-])CC1. The van der Waals surface area contributed by atoms with Crippen LogP contribution < -0.4 is 10.1 Å². The Kier molecular flexibility index (Phi) is 6.08. The zero-order chi connectivity index (χ0) is 20.1. The van der Waals surface area contributed by atoms with E-state index in [4.69, 9.17) is 4.74 Å². The lowest BCUT2D eigenvalue weighted by molar-refractivity contribution is -0.384. The van der Waals surface area contributed by atoms with Crippen LogP contribution >= 0.6 is 0 Å². The largest absolute Gasteiger partial charge is 0.496 e. The Hall–Kier alpha value is -3.16. The number of anilines is 1. The van der Waals surface area contributed by atoms with Crippen molar-refractivity contribution in [1.82, 2.24) is 4.90 Å². The second-order valence-corrected chi connectivity index (χ2v) is 6.71. The molecule has 0 atom stereocenters. The van der Waals surface area contributed by atoms with Crippen molar-refractivity contribution in [2.24, 2.45) is 0 Å². The first-order valence-corrected chi connectivity index (χ1v) is 9.08. The van der Waals surface area contributed by atoms with Crippen molar-refractivity contribution in [1.29, 1.82) is 0 Å². The van der Waals surface area contributed by atoms with E-state index in [1.165, 1.54) is 0 Å². The minimum absolute atomic E-state index is 0.0136. The molecular formula is C20H22FN3O4. The van der Waals surface area contributed by atoms with E-state index < -0.39 is 10.7 Å². The van der Waals surface area contributed by atoms with E-state index in [9.17, 15) is 19.3 Å². The Morgan fingerprint density at radius 3 is 2.68 bits per heavy atom. The van der Waals surface area contributed by atoms with Crippen LogP contribution in [0.5, 0.6) is 5.75 Å². The van der Waals surface area contributed by atoms with Crippen LogP contribution in [0.3, 0.4) is 0 Å². The number of nitro benzene ring substituents is 1. The molecule has 0 saturated carbocycles. The Labute approximate surface area is 162 Å². The molecule has 148 valence electrons. The van der Waals surface area contributed by atoms with Gasteiger partial charge in [-0.25, -0.2) is 4.39 Å². The van der Waals surface area contributed by atoms with Crippen LogP contribution in [0.2, 0.25) is 0 Å². The smallest absolute Gasteiger partial charge is 0.292 e. The average molecular weight is 387 g/mol. The Morgan fingerprint density at radius 2 is 2.00 bits per heavy atom. The van der Waals surface area contributed by atoms with Gasteiger partial charge in [0.1, 0.15) is 17.3 Å². The molecule has 0 aliphatic carbocycles. The second-order valence-electron chi connectivity index (χ2n) is 6.71. The number of hydrogen-bond acceptors (Lipinski definition) is 5. The van der Waals surface area contributed by atoms with Crippen molar-refractivity contribution in [2.75, 3.05) is 25.5 Å². The molecule has 8 heteroatoms. The van der Waals surface area contributed by atoms with E-state index in [2.05, 4.69) is 5.32 Å². The molecule has 0 bridgehead atoms. The van der Waals surface area contributed by atoms with Gasteiger partial charge in [-0.3, -0.25) is 14.9 Å². The molecular weight excluding hydrogens is 365 g/mol. The summed E-state index contributed by atoms with van der Waals surface area (Å²) in [5.74, 6) is 0.169. The third-order valence-electron chi connectivity index (χ3n) is 4.90. The van der Waals surface area contributed by atoms with Gasteiger partial charge in [-0.15, -0.1) is 0 Å². The van der Waals surface area contributed by atoms with E-state index >= 15 is 0 Å². The summed E-state index contributed by atoms with van der Waals surface area (Å²) in [5.41, 5.74) is 0.852. The Bertz CT molecular complexity index is 866. The standard InChI is InChI=1S/C20H22FN3O4/c1-28-19-5-3-2-4-14(19)12-20(25)23-10-8-16(9-11-23)22-17-13-15(21)6-7-18(17)24(26)27/h2-7,13,16,22H,8-12H2,1H3. The molecule has 0 radical (unpaired) electrons. The summed E-state index contributed by atoms with van der Waals surface area (Å²) in [4.78, 5) is 25.0. The molecule has 1 aliphatic heterocycles. The summed E-state index contributed by atoms with van der Waals surface area (Å²) in [7, 11) is 1.58. The third kappa shape index (κ3) is 4.57. The first-order valence-electron chi connectivity index (χ1n) is 9.08. The molecule has 0 unspecified atom stereocenters. The fourth-order valence-electron chi connectivity index (χ4n) is 3.40. The minimum Gasteiger partial charge on any atom is -0.496 e. The number of para-hydroxylation sites is 1. The Balaban J connectivity index is 1.58. The molecule has 2 aromatic carbocycles. The first-order chi connectivity index (χ1) is 13.5. The highest BCUT2D eigenvalue weighted by atomic mass is 19.1. The van der Waals surface area contributed by atoms with Crippen molar-refractivity contribution in [3.05, 3.63) is 64.0 Å². The maximum Gasteiger partial charge on any atom is 0.292 e. The zero-order valence-electron chi connectivity index (χ0n) is 15.6. The number of rotatable bonds is 6. The minimum atomic E-state index is -0.534. The van der Waals surface area contributed by atoms with Gasteiger partial charge in [0.25, 0.3) is 5.69 Å². The fourth-order valence-corrected chi connectivity index (χ4v) is 3.40. The highest BCUT2D eigenvalue weighted by Gasteiger charge is 2.25. The van der Waals surface area contributed by atoms with Gasteiger partial charge in [-0.05, 0) is 25.0 Å². The molecule has 1 heterocycles. The quantitative estimate of drug-likeness (QED) is 0.607. The number of carbonyl (C=O) groups excluding carboxylic acids is 1. The zero-order valence-corrected chi connectivity index (χ0v) is 15.6. The predicted molar refractivity (Wildman–Crippen MR) is 103 cm³/mol. The summed E-state index contributed by atoms with van der Waals surface area (Å²) in [6.07, 6.45) is 1.52. The van der Waals surface area contributed by atoms with Crippen molar-refractivity contribution in [3.63, 3.8) is 0 Å². The monoisotopic (exact) mass is 387 g/mol. The number of carbonyl (C=O) groups is 1. The van der Waals surface area contributed by atoms with Crippen molar-refractivity contribution in [2.45, 2.75) is 25.3 Å². The van der Waals surface area contributed by atoms with Crippen molar-refractivity contribution >= 4 is 17.3 Å². The summed E-state index contributed by atoms with van der Waals surface area (Å²) in [6, 6.07) is 10.7. The predicted octanol–water partition coefficient (Wildman–Crippen LogP) is 3.39. The number of nitro groups is 1. The number of methoxy groups -OCH3 is 1. The van der Waals surface area contributed by atoms with Crippen LogP contribution in [-0.2, 0) is 11.2 Å². The fraction of sp³-hybridized carbons (Fsp3) is 0.350. The molecule has 7 nitrogen and oxygen atoms in total. The molecule has 1 fully saturated rings. The molecule has 0 aromatic heterocycles. The topological polar surface area (TPSA) is 84.7 Å². The maximum absolute atomic E-state index is 13.5. The van der Waals surface area contributed by atoms with Gasteiger partial charge in [0, 0.05) is 36.8 Å². The molecule has 2 aromatic rings. The maximum atomic E-state index is 13.5. The van der Waals surface area contributed by atoms with E-state index in [1.807, 2.05) is 24.3 Å². The highest BCUT2D eigenvalue weighted by Crippen LogP contribution is 2.28. The van der Waals surface area contributed by atoms with E-state index in [0.717, 1.165) is 23.8 Å². The lowest BCUT2D eigenvalue weighted by Gasteiger charge is -2.33. The highest BCUT2D eigenvalue weighted by molar-refractivity contribution is 5.79. The number of nitrogens with one attached hydrogen (secondary N) is 1. The van der Waals surface area contributed by atoms with Gasteiger partial charge < -0.3 is 15.0 Å². The number of likely N-dealkylation sites (tertiary alicyclic amines) is 1. The van der Waals surface area contributed by atoms with E-state index in [1.54, 1.807) is 12.0 Å².